The van der Waals surface area contributed by atoms with E-state index in [1.165, 1.54) is 11.1 Å². The average Bonchev–Trinajstić information content (AvgIpc) is 2.20. The number of hydrogen-bond acceptors (Lipinski definition) is 2. The van der Waals surface area contributed by atoms with Gasteiger partial charge in [0.1, 0.15) is 0 Å². The lowest BCUT2D eigenvalue weighted by atomic mass is 9.92. The van der Waals surface area contributed by atoms with Crippen molar-refractivity contribution in [2.45, 2.75) is 25.8 Å². The lowest BCUT2D eigenvalue weighted by Crippen LogP contribution is -2.34. The summed E-state index contributed by atoms with van der Waals surface area (Å²) >= 11 is 0. The van der Waals surface area contributed by atoms with Crippen LogP contribution in [-0.4, -0.2) is 12.3 Å². The Bertz CT molecular complexity index is 344. The highest BCUT2D eigenvalue weighted by Gasteiger charge is 2.20. The Kier molecular flexibility index (Phi) is 2.64. The molecule has 1 heterocycles. The monoisotopic (exact) mass is 188 g/mol. The predicted molar refractivity (Wildman–Crippen MR) is 58.9 cm³/mol. The minimum Gasteiger partial charge on any atom is -0.308 e. The van der Waals surface area contributed by atoms with Crippen molar-refractivity contribution in [1.29, 1.82) is 5.41 Å². The Morgan fingerprint density at radius 2 is 2.14 bits per heavy atom. The summed E-state index contributed by atoms with van der Waals surface area (Å²) in [5.41, 5.74) is 3.36. The van der Waals surface area contributed by atoms with Gasteiger partial charge in [0.15, 0.2) is 0 Å². The summed E-state index contributed by atoms with van der Waals surface area (Å²) in [6.07, 6.45) is 2.03. The third-order valence-corrected chi connectivity index (χ3v) is 2.82. The zero-order valence-electron chi connectivity index (χ0n) is 8.51. The molecule has 1 aliphatic heterocycles. The SMILES string of the molecule is Cc1ccccc1C1NCCCC1=N. The van der Waals surface area contributed by atoms with E-state index in [0.717, 1.165) is 25.1 Å². The molecule has 0 bridgehead atoms. The Morgan fingerprint density at radius 3 is 2.86 bits per heavy atom. The Hall–Kier alpha value is -1.15. The van der Waals surface area contributed by atoms with Gasteiger partial charge in [0, 0.05) is 5.71 Å². The van der Waals surface area contributed by atoms with E-state index in [4.69, 9.17) is 5.41 Å². The molecule has 14 heavy (non-hydrogen) atoms. The highest BCUT2D eigenvalue weighted by Crippen LogP contribution is 2.22. The van der Waals surface area contributed by atoms with Crippen molar-refractivity contribution in [2.75, 3.05) is 6.54 Å². The third kappa shape index (κ3) is 1.70. The first-order valence-corrected chi connectivity index (χ1v) is 5.15. The highest BCUT2D eigenvalue weighted by atomic mass is 14.9. The van der Waals surface area contributed by atoms with Crippen LogP contribution in [0.15, 0.2) is 24.3 Å². The van der Waals surface area contributed by atoms with Crippen LogP contribution in [0.25, 0.3) is 0 Å². The molecule has 1 unspecified atom stereocenters. The zero-order chi connectivity index (χ0) is 9.97. The van der Waals surface area contributed by atoms with Gasteiger partial charge < -0.3 is 10.7 Å². The smallest absolute Gasteiger partial charge is 0.0706 e. The fraction of sp³-hybridized carbons (Fsp3) is 0.417. The molecule has 0 saturated carbocycles. The first-order chi connectivity index (χ1) is 6.79. The molecule has 1 fully saturated rings. The number of hydrogen-bond donors (Lipinski definition) is 2. The van der Waals surface area contributed by atoms with Crippen molar-refractivity contribution >= 4 is 5.71 Å². The van der Waals surface area contributed by atoms with Crippen LogP contribution in [0.5, 0.6) is 0 Å². The van der Waals surface area contributed by atoms with Gasteiger partial charge in [-0.1, -0.05) is 24.3 Å². The maximum Gasteiger partial charge on any atom is 0.0706 e. The van der Waals surface area contributed by atoms with Gasteiger partial charge in [-0.05, 0) is 37.4 Å². The second-order valence-corrected chi connectivity index (χ2v) is 3.87. The highest BCUT2D eigenvalue weighted by molar-refractivity contribution is 5.88. The molecule has 2 rings (SSSR count). The molecule has 1 aromatic rings. The van der Waals surface area contributed by atoms with Gasteiger partial charge in [0.05, 0.1) is 6.04 Å². The van der Waals surface area contributed by atoms with Crippen LogP contribution in [0.3, 0.4) is 0 Å². The van der Waals surface area contributed by atoms with Crippen LogP contribution in [0.2, 0.25) is 0 Å². The van der Waals surface area contributed by atoms with Gasteiger partial charge in [-0.2, -0.15) is 0 Å². The van der Waals surface area contributed by atoms with Crippen LogP contribution in [0.4, 0.5) is 0 Å². The fourth-order valence-corrected chi connectivity index (χ4v) is 2.00. The molecule has 1 aliphatic rings. The van der Waals surface area contributed by atoms with Crippen molar-refractivity contribution in [1.82, 2.24) is 5.32 Å². The predicted octanol–water partition coefficient (Wildman–Crippen LogP) is 2.44. The van der Waals surface area contributed by atoms with Gasteiger partial charge in [-0.25, -0.2) is 0 Å². The maximum absolute atomic E-state index is 7.92. The van der Waals surface area contributed by atoms with Crippen molar-refractivity contribution in [3.8, 4) is 0 Å². The standard InChI is InChI=1S/C12H16N2/c1-9-5-2-3-6-10(9)12-11(13)7-4-8-14-12/h2-3,5-6,12-14H,4,7-8H2,1H3. The van der Waals surface area contributed by atoms with Gasteiger partial charge in [0.2, 0.25) is 0 Å². The van der Waals surface area contributed by atoms with Gasteiger partial charge in [-0.15, -0.1) is 0 Å². The van der Waals surface area contributed by atoms with Crippen LogP contribution >= 0.6 is 0 Å². The van der Waals surface area contributed by atoms with Crippen LogP contribution in [0.1, 0.15) is 30.0 Å². The molecular weight excluding hydrogens is 172 g/mol. The van der Waals surface area contributed by atoms with Crippen LogP contribution < -0.4 is 5.32 Å². The minimum atomic E-state index is 0.157. The van der Waals surface area contributed by atoms with E-state index in [9.17, 15) is 0 Å². The first kappa shape index (κ1) is 9.41. The topological polar surface area (TPSA) is 35.9 Å². The summed E-state index contributed by atoms with van der Waals surface area (Å²) in [7, 11) is 0. The van der Waals surface area contributed by atoms with Gasteiger partial charge in [0.25, 0.3) is 0 Å². The number of aryl methyl sites for hydroxylation is 1. The molecule has 0 aliphatic carbocycles. The van der Waals surface area contributed by atoms with E-state index < -0.39 is 0 Å². The summed E-state index contributed by atoms with van der Waals surface area (Å²) in [6.45, 7) is 3.14. The normalized spacial score (nSPS) is 22.4. The summed E-state index contributed by atoms with van der Waals surface area (Å²) in [6, 6.07) is 8.48. The quantitative estimate of drug-likeness (QED) is 0.697. The number of nitrogens with one attached hydrogen (secondary N) is 2. The average molecular weight is 188 g/mol. The second kappa shape index (κ2) is 3.93. The van der Waals surface area contributed by atoms with Crippen LogP contribution in [-0.2, 0) is 0 Å². The van der Waals surface area contributed by atoms with E-state index in [0.29, 0.717) is 0 Å². The van der Waals surface area contributed by atoms with Crippen molar-refractivity contribution in [3.63, 3.8) is 0 Å². The minimum absolute atomic E-state index is 0.157. The summed E-state index contributed by atoms with van der Waals surface area (Å²) in [5.74, 6) is 0. The molecule has 74 valence electrons. The van der Waals surface area contributed by atoms with E-state index in [2.05, 4.69) is 24.4 Å². The molecule has 0 spiro atoms. The molecule has 0 aromatic heterocycles. The maximum atomic E-state index is 7.92. The molecule has 1 aromatic carbocycles. The van der Waals surface area contributed by atoms with Crippen molar-refractivity contribution in [3.05, 3.63) is 35.4 Å². The number of benzene rings is 1. The van der Waals surface area contributed by atoms with E-state index in [-0.39, 0.29) is 6.04 Å². The van der Waals surface area contributed by atoms with E-state index in [1.807, 2.05) is 12.1 Å². The Balaban J connectivity index is 2.29. The molecule has 0 radical (unpaired) electrons. The van der Waals surface area contributed by atoms with Crippen molar-refractivity contribution < 1.29 is 0 Å². The lowest BCUT2D eigenvalue weighted by molar-refractivity contribution is 0.571. The third-order valence-electron chi connectivity index (χ3n) is 2.82. The van der Waals surface area contributed by atoms with Crippen LogP contribution in [0, 0.1) is 12.3 Å². The molecule has 2 N–H and O–H groups in total. The van der Waals surface area contributed by atoms with E-state index in [1.54, 1.807) is 0 Å². The first-order valence-electron chi connectivity index (χ1n) is 5.15. The van der Waals surface area contributed by atoms with E-state index >= 15 is 0 Å². The lowest BCUT2D eigenvalue weighted by Gasteiger charge is -2.26. The molecule has 2 heteroatoms. The molecule has 1 saturated heterocycles. The second-order valence-electron chi connectivity index (χ2n) is 3.87. The summed E-state index contributed by atoms with van der Waals surface area (Å²) in [5, 5.41) is 11.3. The molecular formula is C12H16N2. The van der Waals surface area contributed by atoms with Gasteiger partial charge in [-0.3, -0.25) is 0 Å². The summed E-state index contributed by atoms with van der Waals surface area (Å²) in [4.78, 5) is 0. The molecule has 0 amide bonds. The fourth-order valence-electron chi connectivity index (χ4n) is 2.00. The molecule has 1 atom stereocenters. The van der Waals surface area contributed by atoms with Gasteiger partial charge >= 0.3 is 0 Å². The number of rotatable bonds is 1. The largest absolute Gasteiger partial charge is 0.308 e. The van der Waals surface area contributed by atoms with Crippen molar-refractivity contribution in [2.24, 2.45) is 0 Å². The Morgan fingerprint density at radius 1 is 1.36 bits per heavy atom. The summed E-state index contributed by atoms with van der Waals surface area (Å²) < 4.78 is 0. The Labute approximate surface area is 84.9 Å². The zero-order valence-corrected chi connectivity index (χ0v) is 8.51. The number of piperidine rings is 1. The molecule has 2 nitrogen and oxygen atoms in total.